The van der Waals surface area contributed by atoms with Gasteiger partial charge in [-0.15, -0.1) is 0 Å². The summed E-state index contributed by atoms with van der Waals surface area (Å²) in [5.74, 6) is 0. The highest BCUT2D eigenvalue weighted by molar-refractivity contribution is 6.30. The first-order chi connectivity index (χ1) is 10.1. The van der Waals surface area contributed by atoms with Crippen molar-refractivity contribution < 1.29 is 0 Å². The van der Waals surface area contributed by atoms with Crippen LogP contribution in [-0.2, 0) is 12.1 Å². The smallest absolute Gasteiger partial charge is 0.133 e. The molecule has 0 fully saturated rings. The van der Waals surface area contributed by atoms with Crippen molar-refractivity contribution in [2.75, 3.05) is 0 Å². The molecule has 1 N–H and O–H groups in total. The Hall–Kier alpha value is -1.09. The summed E-state index contributed by atoms with van der Waals surface area (Å²) in [5.41, 5.74) is 2.18. The standard InChI is InChI=1S/C17H20Cl2N2/c1-3-17(4-2,14-7-9-15(18)10-8-14)21-12-13-6-5-11-20-16(13)19/h5-11,21H,3-4,12H2,1-2H3. The van der Waals surface area contributed by atoms with Gasteiger partial charge in [-0.1, -0.05) is 55.2 Å². The first kappa shape index (κ1) is 16.3. The van der Waals surface area contributed by atoms with Crippen LogP contribution in [0.4, 0.5) is 0 Å². The second-order valence-electron chi connectivity index (χ2n) is 5.10. The summed E-state index contributed by atoms with van der Waals surface area (Å²) in [5, 5.41) is 4.97. The zero-order valence-electron chi connectivity index (χ0n) is 12.4. The minimum absolute atomic E-state index is 0.0796. The molecule has 1 heterocycles. The van der Waals surface area contributed by atoms with E-state index in [-0.39, 0.29) is 5.54 Å². The van der Waals surface area contributed by atoms with Crippen molar-refractivity contribution in [3.63, 3.8) is 0 Å². The molecule has 2 aromatic rings. The molecule has 1 aromatic carbocycles. The van der Waals surface area contributed by atoms with E-state index in [0.717, 1.165) is 23.4 Å². The summed E-state index contributed by atoms with van der Waals surface area (Å²) in [7, 11) is 0. The van der Waals surface area contributed by atoms with Gasteiger partial charge in [-0.2, -0.15) is 0 Å². The Morgan fingerprint density at radius 3 is 2.29 bits per heavy atom. The Kier molecular flexibility index (Phi) is 5.63. The van der Waals surface area contributed by atoms with E-state index in [2.05, 4.69) is 36.3 Å². The van der Waals surface area contributed by atoms with Gasteiger partial charge in [-0.05, 0) is 36.6 Å². The lowest BCUT2D eigenvalue weighted by Gasteiger charge is -2.34. The van der Waals surface area contributed by atoms with Crippen molar-refractivity contribution in [3.8, 4) is 0 Å². The summed E-state index contributed by atoms with van der Waals surface area (Å²) in [6.07, 6.45) is 3.68. The lowest BCUT2D eigenvalue weighted by atomic mass is 9.84. The van der Waals surface area contributed by atoms with Crippen LogP contribution in [-0.4, -0.2) is 4.98 Å². The van der Waals surface area contributed by atoms with Crippen LogP contribution >= 0.6 is 23.2 Å². The van der Waals surface area contributed by atoms with E-state index in [0.29, 0.717) is 11.7 Å². The van der Waals surface area contributed by atoms with Crippen LogP contribution < -0.4 is 5.32 Å². The van der Waals surface area contributed by atoms with Gasteiger partial charge in [0.25, 0.3) is 0 Å². The van der Waals surface area contributed by atoms with Crippen molar-refractivity contribution in [2.45, 2.75) is 38.8 Å². The Labute approximate surface area is 136 Å². The van der Waals surface area contributed by atoms with Crippen molar-refractivity contribution >= 4 is 23.2 Å². The molecule has 0 radical (unpaired) electrons. The van der Waals surface area contributed by atoms with E-state index in [1.807, 2.05) is 24.3 Å². The van der Waals surface area contributed by atoms with Gasteiger partial charge < -0.3 is 5.32 Å². The maximum atomic E-state index is 6.14. The summed E-state index contributed by atoms with van der Waals surface area (Å²) < 4.78 is 0. The number of nitrogens with zero attached hydrogens (tertiary/aromatic N) is 1. The van der Waals surface area contributed by atoms with Gasteiger partial charge in [0.05, 0.1) is 0 Å². The minimum Gasteiger partial charge on any atom is -0.303 e. The van der Waals surface area contributed by atoms with Gasteiger partial charge in [0, 0.05) is 28.9 Å². The molecule has 0 amide bonds. The van der Waals surface area contributed by atoms with Crippen molar-refractivity contribution in [1.82, 2.24) is 10.3 Å². The molecule has 0 bridgehead atoms. The van der Waals surface area contributed by atoms with Crippen LogP contribution in [0.2, 0.25) is 10.2 Å². The largest absolute Gasteiger partial charge is 0.303 e. The zero-order chi connectivity index (χ0) is 15.3. The SMILES string of the molecule is CCC(CC)(NCc1cccnc1Cl)c1ccc(Cl)cc1. The molecule has 112 valence electrons. The molecule has 0 aliphatic carbocycles. The third-order valence-electron chi connectivity index (χ3n) is 4.06. The number of rotatable bonds is 6. The Bertz CT molecular complexity index is 578. The van der Waals surface area contributed by atoms with Gasteiger partial charge >= 0.3 is 0 Å². The summed E-state index contributed by atoms with van der Waals surface area (Å²) in [4.78, 5) is 4.12. The number of pyridine rings is 1. The van der Waals surface area contributed by atoms with Crippen LogP contribution in [0.3, 0.4) is 0 Å². The fourth-order valence-electron chi connectivity index (χ4n) is 2.59. The quantitative estimate of drug-likeness (QED) is 0.740. The molecule has 2 nitrogen and oxygen atoms in total. The molecule has 0 aliphatic rings. The highest BCUT2D eigenvalue weighted by atomic mass is 35.5. The number of hydrogen-bond donors (Lipinski definition) is 1. The Morgan fingerprint density at radius 1 is 1.05 bits per heavy atom. The van der Waals surface area contributed by atoms with E-state index < -0.39 is 0 Å². The monoisotopic (exact) mass is 322 g/mol. The van der Waals surface area contributed by atoms with Crippen LogP contribution in [0.15, 0.2) is 42.6 Å². The third-order valence-corrected chi connectivity index (χ3v) is 4.65. The molecular formula is C17H20Cl2N2. The molecule has 1 aromatic heterocycles. The summed E-state index contributed by atoms with van der Waals surface area (Å²) >= 11 is 12.1. The van der Waals surface area contributed by atoms with E-state index >= 15 is 0 Å². The highest BCUT2D eigenvalue weighted by Crippen LogP contribution is 2.30. The molecule has 2 rings (SSSR count). The Morgan fingerprint density at radius 2 is 1.71 bits per heavy atom. The van der Waals surface area contributed by atoms with E-state index in [4.69, 9.17) is 23.2 Å². The summed E-state index contributed by atoms with van der Waals surface area (Å²) in [6.45, 7) is 5.07. The average Bonchev–Trinajstić information content (AvgIpc) is 2.52. The molecule has 4 heteroatoms. The van der Waals surface area contributed by atoms with Crippen molar-refractivity contribution in [3.05, 3.63) is 63.9 Å². The zero-order valence-corrected chi connectivity index (χ0v) is 13.9. The maximum Gasteiger partial charge on any atom is 0.133 e. The second kappa shape index (κ2) is 7.26. The van der Waals surface area contributed by atoms with Gasteiger partial charge in [0.2, 0.25) is 0 Å². The first-order valence-electron chi connectivity index (χ1n) is 7.21. The topological polar surface area (TPSA) is 24.9 Å². The lowest BCUT2D eigenvalue weighted by Crippen LogP contribution is -2.41. The van der Waals surface area contributed by atoms with Crippen molar-refractivity contribution in [2.24, 2.45) is 0 Å². The minimum atomic E-state index is -0.0796. The Balaban J connectivity index is 2.22. The van der Waals surface area contributed by atoms with E-state index in [1.54, 1.807) is 6.20 Å². The van der Waals surface area contributed by atoms with Crippen LogP contribution in [0.25, 0.3) is 0 Å². The lowest BCUT2D eigenvalue weighted by molar-refractivity contribution is 0.305. The predicted octanol–water partition coefficient (Wildman–Crippen LogP) is 5.19. The third kappa shape index (κ3) is 3.76. The van der Waals surface area contributed by atoms with Gasteiger partial charge in [0.15, 0.2) is 0 Å². The highest BCUT2D eigenvalue weighted by Gasteiger charge is 2.27. The van der Waals surface area contributed by atoms with Crippen molar-refractivity contribution in [1.29, 1.82) is 0 Å². The summed E-state index contributed by atoms with van der Waals surface area (Å²) in [6, 6.07) is 12.0. The second-order valence-corrected chi connectivity index (χ2v) is 5.90. The normalized spacial score (nSPS) is 11.6. The van der Waals surface area contributed by atoms with Crippen LogP contribution in [0.1, 0.15) is 37.8 Å². The molecule has 21 heavy (non-hydrogen) atoms. The predicted molar refractivity (Wildman–Crippen MR) is 89.8 cm³/mol. The number of halogens is 2. The van der Waals surface area contributed by atoms with Crippen LogP contribution in [0, 0.1) is 0 Å². The van der Waals surface area contributed by atoms with Gasteiger partial charge in [-0.25, -0.2) is 4.98 Å². The molecule has 0 spiro atoms. The van der Waals surface area contributed by atoms with Crippen LogP contribution in [0.5, 0.6) is 0 Å². The molecule has 0 aliphatic heterocycles. The molecular weight excluding hydrogens is 303 g/mol. The number of benzene rings is 1. The molecule has 0 unspecified atom stereocenters. The number of aromatic nitrogens is 1. The fraction of sp³-hybridized carbons (Fsp3) is 0.353. The number of nitrogens with one attached hydrogen (secondary N) is 1. The molecule has 0 saturated heterocycles. The van der Waals surface area contributed by atoms with E-state index in [9.17, 15) is 0 Å². The maximum absolute atomic E-state index is 6.14. The van der Waals surface area contributed by atoms with Gasteiger partial charge in [0.1, 0.15) is 5.15 Å². The number of hydrogen-bond acceptors (Lipinski definition) is 2. The van der Waals surface area contributed by atoms with Gasteiger partial charge in [-0.3, -0.25) is 0 Å². The van der Waals surface area contributed by atoms with E-state index in [1.165, 1.54) is 5.56 Å². The molecule has 0 saturated carbocycles. The fourth-order valence-corrected chi connectivity index (χ4v) is 2.91. The first-order valence-corrected chi connectivity index (χ1v) is 7.97. The average molecular weight is 323 g/mol. The molecule has 0 atom stereocenters.